The molecular weight excluding hydrogens is 552 g/mol. The van der Waals surface area contributed by atoms with Crippen molar-refractivity contribution in [3.8, 4) is 0 Å². The summed E-state index contributed by atoms with van der Waals surface area (Å²) in [6.45, 7) is 2.71. The fourth-order valence-corrected chi connectivity index (χ4v) is 6.15. The number of halogens is 1. The van der Waals surface area contributed by atoms with Gasteiger partial charge in [-0.2, -0.15) is 0 Å². The van der Waals surface area contributed by atoms with Gasteiger partial charge < -0.3 is 18.9 Å². The molecule has 0 radical (unpaired) electrons. The van der Waals surface area contributed by atoms with Gasteiger partial charge in [-0.1, -0.05) is 113 Å². The minimum absolute atomic E-state index is 0.0757. The van der Waals surface area contributed by atoms with Crippen molar-refractivity contribution in [2.75, 3.05) is 13.2 Å². The van der Waals surface area contributed by atoms with E-state index in [0.717, 1.165) is 15.6 Å². The minimum Gasteiger partial charge on any atom is -0.376 e. The standard InChI is InChI=1S/C34H33BrO4/c35-28-17-15-26(16-18-28)33-30(22-36-19-24-9-3-1-4-10-24)32-29-14-8-7-13-27(29)21-38-34(32)31(39-33)23-37-20-25-11-5-2-6-12-25/h1-18,30-34H,19-23H2/t30-,31-,32-,33+,34-/m1/s1. The van der Waals surface area contributed by atoms with Crippen LogP contribution in [0.4, 0.5) is 0 Å². The Balaban J connectivity index is 1.30. The van der Waals surface area contributed by atoms with Crippen LogP contribution in [0.1, 0.15) is 39.8 Å². The fraction of sp³-hybridized carbons (Fsp3) is 0.294. The quantitative estimate of drug-likeness (QED) is 0.203. The molecule has 2 aliphatic heterocycles. The van der Waals surface area contributed by atoms with E-state index in [4.69, 9.17) is 18.9 Å². The molecule has 0 unspecified atom stereocenters. The van der Waals surface area contributed by atoms with Crippen molar-refractivity contribution in [1.82, 2.24) is 0 Å². The Labute approximate surface area is 239 Å². The van der Waals surface area contributed by atoms with E-state index < -0.39 is 0 Å². The van der Waals surface area contributed by atoms with Gasteiger partial charge in [0.25, 0.3) is 0 Å². The van der Waals surface area contributed by atoms with Crippen LogP contribution in [0, 0.1) is 5.92 Å². The summed E-state index contributed by atoms with van der Waals surface area (Å²) < 4.78 is 27.1. The second-order valence-electron chi connectivity index (χ2n) is 10.3. The summed E-state index contributed by atoms with van der Waals surface area (Å²) in [5.41, 5.74) is 6.03. The molecule has 0 N–H and O–H groups in total. The van der Waals surface area contributed by atoms with Gasteiger partial charge in [-0.15, -0.1) is 0 Å². The molecule has 0 aromatic heterocycles. The predicted molar refractivity (Wildman–Crippen MR) is 155 cm³/mol. The lowest BCUT2D eigenvalue weighted by Crippen LogP contribution is -2.52. The molecule has 4 aromatic rings. The number of benzene rings is 4. The second kappa shape index (κ2) is 12.6. The molecule has 4 nitrogen and oxygen atoms in total. The highest BCUT2D eigenvalue weighted by atomic mass is 79.9. The van der Waals surface area contributed by atoms with Crippen LogP contribution in [0.25, 0.3) is 0 Å². The van der Waals surface area contributed by atoms with E-state index in [9.17, 15) is 0 Å². The average molecular weight is 586 g/mol. The highest BCUT2D eigenvalue weighted by Crippen LogP contribution is 2.49. The van der Waals surface area contributed by atoms with Crippen LogP contribution in [0.15, 0.2) is 114 Å². The Kier molecular flexibility index (Phi) is 8.53. The van der Waals surface area contributed by atoms with Gasteiger partial charge in [-0.25, -0.2) is 0 Å². The van der Waals surface area contributed by atoms with Gasteiger partial charge in [0.2, 0.25) is 0 Å². The van der Waals surface area contributed by atoms with E-state index in [1.54, 1.807) is 0 Å². The molecule has 0 saturated carbocycles. The van der Waals surface area contributed by atoms with Gasteiger partial charge in [0.15, 0.2) is 0 Å². The van der Waals surface area contributed by atoms with E-state index in [1.807, 2.05) is 36.4 Å². The number of hydrogen-bond acceptors (Lipinski definition) is 4. The molecule has 0 amide bonds. The molecule has 0 spiro atoms. The molecule has 200 valence electrons. The number of fused-ring (bicyclic) bond motifs is 3. The van der Waals surface area contributed by atoms with Crippen LogP contribution in [0.3, 0.4) is 0 Å². The van der Waals surface area contributed by atoms with Crippen LogP contribution < -0.4 is 0 Å². The smallest absolute Gasteiger partial charge is 0.108 e. The number of rotatable bonds is 9. The number of hydrogen-bond donors (Lipinski definition) is 0. The second-order valence-corrected chi connectivity index (χ2v) is 11.2. The van der Waals surface area contributed by atoms with Gasteiger partial charge in [0.1, 0.15) is 6.10 Å². The SMILES string of the molecule is Brc1ccc([C@@H]2O[C@H](COCc3ccccc3)[C@H]3OCc4ccccc4[C@@H]3[C@H]2COCc2ccccc2)cc1. The zero-order chi connectivity index (χ0) is 26.4. The Hall–Kier alpha value is -2.80. The summed E-state index contributed by atoms with van der Waals surface area (Å²) in [4.78, 5) is 0. The summed E-state index contributed by atoms with van der Waals surface area (Å²) in [5, 5.41) is 0. The topological polar surface area (TPSA) is 36.9 Å². The van der Waals surface area contributed by atoms with E-state index in [1.165, 1.54) is 16.7 Å². The molecular formula is C34H33BrO4. The zero-order valence-corrected chi connectivity index (χ0v) is 23.4. The highest BCUT2D eigenvalue weighted by Gasteiger charge is 2.49. The van der Waals surface area contributed by atoms with Crippen molar-refractivity contribution in [3.63, 3.8) is 0 Å². The van der Waals surface area contributed by atoms with Crippen molar-refractivity contribution in [2.24, 2.45) is 5.92 Å². The lowest BCUT2D eigenvalue weighted by Gasteiger charge is -2.49. The monoisotopic (exact) mass is 584 g/mol. The number of ether oxygens (including phenoxy) is 4. The van der Waals surface area contributed by atoms with Crippen LogP contribution in [0.5, 0.6) is 0 Å². The summed E-state index contributed by atoms with van der Waals surface area (Å²) >= 11 is 3.59. The predicted octanol–water partition coefficient (Wildman–Crippen LogP) is 7.62. The van der Waals surface area contributed by atoms with E-state index in [2.05, 4.69) is 88.7 Å². The van der Waals surface area contributed by atoms with Crippen LogP contribution in [-0.4, -0.2) is 25.4 Å². The molecule has 0 bridgehead atoms. The van der Waals surface area contributed by atoms with Crippen molar-refractivity contribution < 1.29 is 18.9 Å². The molecule has 4 aromatic carbocycles. The first-order valence-corrected chi connectivity index (χ1v) is 14.4. The normalized spacial score (nSPS) is 24.1. The van der Waals surface area contributed by atoms with Gasteiger partial charge in [-0.05, 0) is 39.9 Å². The molecule has 1 fully saturated rings. The molecule has 2 aliphatic rings. The van der Waals surface area contributed by atoms with Crippen molar-refractivity contribution in [2.45, 2.75) is 44.1 Å². The van der Waals surface area contributed by atoms with Crippen LogP contribution in [0.2, 0.25) is 0 Å². The van der Waals surface area contributed by atoms with Gasteiger partial charge in [-0.3, -0.25) is 0 Å². The maximum absolute atomic E-state index is 6.90. The first kappa shape index (κ1) is 26.4. The van der Waals surface area contributed by atoms with E-state index in [-0.39, 0.29) is 30.1 Å². The lowest BCUT2D eigenvalue weighted by molar-refractivity contribution is -0.212. The summed E-state index contributed by atoms with van der Waals surface area (Å²) in [6.07, 6.45) is -0.478. The molecule has 5 atom stereocenters. The third-order valence-electron chi connectivity index (χ3n) is 7.75. The molecule has 5 heteroatoms. The Morgan fingerprint density at radius 3 is 2.00 bits per heavy atom. The Bertz CT molecular complexity index is 1330. The third kappa shape index (κ3) is 6.19. The van der Waals surface area contributed by atoms with Crippen LogP contribution in [-0.2, 0) is 38.8 Å². The minimum atomic E-state index is -0.203. The van der Waals surface area contributed by atoms with E-state index in [0.29, 0.717) is 33.0 Å². The summed E-state index contributed by atoms with van der Waals surface area (Å²) in [6, 6.07) is 37.7. The van der Waals surface area contributed by atoms with Crippen LogP contribution >= 0.6 is 15.9 Å². The molecule has 1 saturated heterocycles. The average Bonchev–Trinajstić information content (AvgIpc) is 2.99. The van der Waals surface area contributed by atoms with E-state index >= 15 is 0 Å². The summed E-state index contributed by atoms with van der Waals surface area (Å²) in [7, 11) is 0. The summed E-state index contributed by atoms with van der Waals surface area (Å²) in [5.74, 6) is 0.199. The fourth-order valence-electron chi connectivity index (χ4n) is 5.88. The largest absolute Gasteiger partial charge is 0.376 e. The van der Waals surface area contributed by atoms with Gasteiger partial charge >= 0.3 is 0 Å². The van der Waals surface area contributed by atoms with Crippen molar-refractivity contribution in [3.05, 3.63) is 141 Å². The van der Waals surface area contributed by atoms with Gasteiger partial charge in [0.05, 0.1) is 45.2 Å². The maximum atomic E-state index is 6.90. The molecule has 39 heavy (non-hydrogen) atoms. The molecule has 0 aliphatic carbocycles. The molecule has 2 heterocycles. The van der Waals surface area contributed by atoms with Gasteiger partial charge in [0, 0.05) is 16.3 Å². The molecule has 6 rings (SSSR count). The maximum Gasteiger partial charge on any atom is 0.108 e. The Morgan fingerprint density at radius 2 is 1.31 bits per heavy atom. The first-order chi connectivity index (χ1) is 19.3. The zero-order valence-electron chi connectivity index (χ0n) is 21.8. The third-order valence-corrected chi connectivity index (χ3v) is 8.28. The van der Waals surface area contributed by atoms with Crippen molar-refractivity contribution in [1.29, 1.82) is 0 Å². The lowest BCUT2D eigenvalue weighted by atomic mass is 9.71. The first-order valence-electron chi connectivity index (χ1n) is 13.6. The van der Waals surface area contributed by atoms with Crippen molar-refractivity contribution >= 4 is 15.9 Å². The Morgan fingerprint density at radius 1 is 0.692 bits per heavy atom. The highest BCUT2D eigenvalue weighted by molar-refractivity contribution is 9.10.